The van der Waals surface area contributed by atoms with Gasteiger partial charge >= 0.3 is 0 Å². The fraction of sp³-hybridized carbons (Fsp3) is 0.727. The Labute approximate surface area is 90.1 Å². The third-order valence-corrected chi connectivity index (χ3v) is 2.93. The van der Waals surface area contributed by atoms with Gasteiger partial charge in [-0.15, -0.1) is 0 Å². The summed E-state index contributed by atoms with van der Waals surface area (Å²) in [5.41, 5.74) is 7.87. The van der Waals surface area contributed by atoms with Crippen molar-refractivity contribution < 1.29 is 5.11 Å². The van der Waals surface area contributed by atoms with Gasteiger partial charge in [-0.05, 0) is 26.2 Å². The second kappa shape index (κ2) is 4.33. The standard InChI is InChI=1S/C11H19N3O/c1-8(12)6-11-13-9(7-15)10-4-2-3-5-14(10)11/h8,15H,2-7,12H2,1H3. The molecule has 1 unspecified atom stereocenters. The molecule has 1 aliphatic heterocycles. The largest absolute Gasteiger partial charge is 0.390 e. The molecule has 2 heterocycles. The highest BCUT2D eigenvalue weighted by Gasteiger charge is 2.19. The maximum absolute atomic E-state index is 9.23. The maximum atomic E-state index is 9.23. The molecule has 1 atom stereocenters. The molecule has 4 nitrogen and oxygen atoms in total. The lowest BCUT2D eigenvalue weighted by Gasteiger charge is -2.17. The van der Waals surface area contributed by atoms with Crippen molar-refractivity contribution in [2.75, 3.05) is 0 Å². The van der Waals surface area contributed by atoms with Crippen LogP contribution < -0.4 is 5.73 Å². The summed E-state index contributed by atoms with van der Waals surface area (Å²) >= 11 is 0. The number of imidazole rings is 1. The Balaban J connectivity index is 2.33. The second-order valence-electron chi connectivity index (χ2n) is 4.37. The Bertz CT molecular complexity index is 344. The van der Waals surface area contributed by atoms with E-state index >= 15 is 0 Å². The van der Waals surface area contributed by atoms with E-state index in [1.807, 2.05) is 6.92 Å². The Morgan fingerprint density at radius 3 is 3.00 bits per heavy atom. The topological polar surface area (TPSA) is 64.1 Å². The van der Waals surface area contributed by atoms with E-state index < -0.39 is 0 Å². The summed E-state index contributed by atoms with van der Waals surface area (Å²) in [4.78, 5) is 4.48. The van der Waals surface area contributed by atoms with Gasteiger partial charge in [0.25, 0.3) is 0 Å². The van der Waals surface area contributed by atoms with Crippen molar-refractivity contribution in [3.05, 3.63) is 17.2 Å². The predicted octanol–water partition coefficient (Wildman–Crippen LogP) is 0.601. The lowest BCUT2D eigenvalue weighted by molar-refractivity contribution is 0.275. The second-order valence-corrected chi connectivity index (χ2v) is 4.37. The molecule has 1 aliphatic rings. The van der Waals surface area contributed by atoms with E-state index in [9.17, 15) is 5.11 Å². The van der Waals surface area contributed by atoms with Gasteiger partial charge in [-0.3, -0.25) is 0 Å². The smallest absolute Gasteiger partial charge is 0.110 e. The van der Waals surface area contributed by atoms with Crippen molar-refractivity contribution in [2.45, 2.75) is 51.8 Å². The maximum Gasteiger partial charge on any atom is 0.110 e. The summed E-state index contributed by atoms with van der Waals surface area (Å²) in [6, 6.07) is 0.130. The number of aliphatic hydroxyl groups excluding tert-OH is 1. The highest BCUT2D eigenvalue weighted by Crippen LogP contribution is 2.21. The van der Waals surface area contributed by atoms with Crippen molar-refractivity contribution in [1.82, 2.24) is 9.55 Å². The van der Waals surface area contributed by atoms with Crippen LogP contribution in [0.2, 0.25) is 0 Å². The molecule has 2 rings (SSSR count). The molecule has 4 heteroatoms. The van der Waals surface area contributed by atoms with Crippen LogP contribution in [-0.2, 0) is 26.0 Å². The summed E-state index contributed by atoms with van der Waals surface area (Å²) < 4.78 is 2.25. The van der Waals surface area contributed by atoms with Gasteiger partial charge in [0.05, 0.1) is 12.3 Å². The van der Waals surface area contributed by atoms with Crippen molar-refractivity contribution in [3.8, 4) is 0 Å². The van der Waals surface area contributed by atoms with Crippen LogP contribution in [0.5, 0.6) is 0 Å². The molecule has 0 bridgehead atoms. The zero-order chi connectivity index (χ0) is 10.8. The van der Waals surface area contributed by atoms with E-state index in [1.54, 1.807) is 0 Å². The minimum Gasteiger partial charge on any atom is -0.390 e. The molecule has 3 N–H and O–H groups in total. The summed E-state index contributed by atoms with van der Waals surface area (Å²) in [6.45, 7) is 3.07. The number of rotatable bonds is 3. The lowest BCUT2D eigenvalue weighted by atomic mass is 10.1. The predicted molar refractivity (Wildman–Crippen MR) is 58.4 cm³/mol. The monoisotopic (exact) mass is 209 g/mol. The Hall–Kier alpha value is -0.870. The van der Waals surface area contributed by atoms with Gasteiger partial charge < -0.3 is 15.4 Å². The molecule has 0 aromatic carbocycles. The molecular formula is C11H19N3O. The van der Waals surface area contributed by atoms with Crippen LogP contribution in [-0.4, -0.2) is 20.7 Å². The molecule has 0 amide bonds. The third-order valence-electron chi connectivity index (χ3n) is 2.93. The lowest BCUT2D eigenvalue weighted by Crippen LogP contribution is -2.22. The fourth-order valence-corrected chi connectivity index (χ4v) is 2.27. The number of aromatic nitrogens is 2. The number of fused-ring (bicyclic) bond motifs is 1. The van der Waals surface area contributed by atoms with Crippen LogP contribution in [0.25, 0.3) is 0 Å². The minimum absolute atomic E-state index is 0.0499. The van der Waals surface area contributed by atoms with E-state index in [1.165, 1.54) is 18.5 Å². The molecular weight excluding hydrogens is 190 g/mol. The molecule has 1 aromatic heterocycles. The van der Waals surface area contributed by atoms with E-state index in [0.29, 0.717) is 0 Å². The molecule has 1 aromatic rings. The normalized spacial score (nSPS) is 17.5. The average molecular weight is 209 g/mol. The van der Waals surface area contributed by atoms with Crippen LogP contribution in [0.1, 0.15) is 37.0 Å². The van der Waals surface area contributed by atoms with Crippen LogP contribution in [0.4, 0.5) is 0 Å². The van der Waals surface area contributed by atoms with Gasteiger partial charge in [-0.25, -0.2) is 4.98 Å². The van der Waals surface area contributed by atoms with Crippen LogP contribution >= 0.6 is 0 Å². The molecule has 84 valence electrons. The van der Waals surface area contributed by atoms with Crippen LogP contribution in [0, 0.1) is 0 Å². The molecule has 0 radical (unpaired) electrons. The van der Waals surface area contributed by atoms with Gasteiger partial charge in [-0.2, -0.15) is 0 Å². The van der Waals surface area contributed by atoms with Crippen molar-refractivity contribution in [1.29, 1.82) is 0 Å². The number of hydrogen-bond donors (Lipinski definition) is 2. The molecule has 0 aliphatic carbocycles. The van der Waals surface area contributed by atoms with E-state index in [-0.39, 0.29) is 12.6 Å². The highest BCUT2D eigenvalue weighted by molar-refractivity contribution is 5.19. The Morgan fingerprint density at radius 2 is 2.33 bits per heavy atom. The highest BCUT2D eigenvalue weighted by atomic mass is 16.3. The van der Waals surface area contributed by atoms with Crippen LogP contribution in [0.15, 0.2) is 0 Å². The van der Waals surface area contributed by atoms with Crippen molar-refractivity contribution >= 4 is 0 Å². The minimum atomic E-state index is 0.0499. The molecule has 15 heavy (non-hydrogen) atoms. The first-order chi connectivity index (χ1) is 7.22. The number of aliphatic hydroxyl groups is 1. The third kappa shape index (κ3) is 2.06. The van der Waals surface area contributed by atoms with Crippen molar-refractivity contribution in [2.24, 2.45) is 5.73 Å². The average Bonchev–Trinajstić information content (AvgIpc) is 2.56. The summed E-state index contributed by atoms with van der Waals surface area (Å²) in [5.74, 6) is 1.05. The molecule has 0 fully saturated rings. The number of hydrogen-bond acceptors (Lipinski definition) is 3. The van der Waals surface area contributed by atoms with Gasteiger partial charge in [0.15, 0.2) is 0 Å². The van der Waals surface area contributed by atoms with Gasteiger partial charge in [0, 0.05) is 24.7 Å². The van der Waals surface area contributed by atoms with Gasteiger partial charge in [-0.1, -0.05) is 0 Å². The fourth-order valence-electron chi connectivity index (χ4n) is 2.27. The first-order valence-corrected chi connectivity index (χ1v) is 5.66. The summed E-state index contributed by atoms with van der Waals surface area (Å²) in [6.07, 6.45) is 4.26. The van der Waals surface area contributed by atoms with E-state index in [4.69, 9.17) is 5.73 Å². The Morgan fingerprint density at radius 1 is 1.53 bits per heavy atom. The molecule has 0 saturated heterocycles. The van der Waals surface area contributed by atoms with Crippen LogP contribution in [0.3, 0.4) is 0 Å². The number of nitrogens with zero attached hydrogens (tertiary/aromatic N) is 2. The zero-order valence-electron chi connectivity index (χ0n) is 9.24. The first kappa shape index (κ1) is 10.6. The molecule has 0 saturated carbocycles. The van der Waals surface area contributed by atoms with E-state index in [2.05, 4.69) is 9.55 Å². The van der Waals surface area contributed by atoms with Gasteiger partial charge in [0.2, 0.25) is 0 Å². The summed E-state index contributed by atoms with van der Waals surface area (Å²) in [7, 11) is 0. The summed E-state index contributed by atoms with van der Waals surface area (Å²) in [5, 5.41) is 9.23. The van der Waals surface area contributed by atoms with Gasteiger partial charge in [0.1, 0.15) is 5.82 Å². The quantitative estimate of drug-likeness (QED) is 0.766. The van der Waals surface area contributed by atoms with Crippen molar-refractivity contribution in [3.63, 3.8) is 0 Å². The number of nitrogens with two attached hydrogens (primary N) is 1. The van der Waals surface area contributed by atoms with E-state index in [0.717, 1.165) is 30.9 Å². The SMILES string of the molecule is CC(N)Cc1nc(CO)c2n1CCCC2. The Kier molecular flexibility index (Phi) is 3.07. The zero-order valence-corrected chi connectivity index (χ0v) is 9.24. The molecule has 0 spiro atoms. The first-order valence-electron chi connectivity index (χ1n) is 5.66.